The number of aldehydes is 1. The van der Waals surface area contributed by atoms with Crippen molar-refractivity contribution in [3.8, 4) is 0 Å². The Balaban J connectivity index is 2.63. The molecule has 0 amide bonds. The summed E-state index contributed by atoms with van der Waals surface area (Å²) in [6.07, 6.45) is 0.942. The van der Waals surface area contributed by atoms with E-state index < -0.39 is 0 Å². The molecule has 0 saturated heterocycles. The Morgan fingerprint density at radius 1 is 0.882 bits per heavy atom. The van der Waals surface area contributed by atoms with E-state index in [4.69, 9.17) is 0 Å². The molecule has 0 aliphatic heterocycles. The third-order valence-electron chi connectivity index (χ3n) is 3.01. The highest BCUT2D eigenvalue weighted by molar-refractivity contribution is 9.10. The number of rotatable bonds is 1. The Hall–Kier alpha value is -1.67. The van der Waals surface area contributed by atoms with E-state index in [2.05, 4.69) is 22.0 Å². The van der Waals surface area contributed by atoms with Crippen LogP contribution in [-0.4, -0.2) is 6.29 Å². The Bertz CT molecular complexity index is 731. The van der Waals surface area contributed by atoms with Gasteiger partial charge in [-0.3, -0.25) is 4.79 Å². The Morgan fingerprint density at radius 3 is 2.47 bits per heavy atom. The molecule has 0 aromatic heterocycles. The van der Waals surface area contributed by atoms with Gasteiger partial charge in [0.25, 0.3) is 0 Å². The third-order valence-corrected chi connectivity index (χ3v) is 3.70. The first-order valence-corrected chi connectivity index (χ1v) is 6.16. The minimum Gasteiger partial charge on any atom is -0.298 e. The van der Waals surface area contributed by atoms with Crippen molar-refractivity contribution < 1.29 is 4.79 Å². The Morgan fingerprint density at radius 2 is 1.65 bits per heavy atom. The zero-order chi connectivity index (χ0) is 11.8. The van der Waals surface area contributed by atoms with E-state index in [1.165, 1.54) is 0 Å². The van der Waals surface area contributed by atoms with Crippen molar-refractivity contribution in [2.75, 3.05) is 0 Å². The second kappa shape index (κ2) is 3.97. The fourth-order valence-corrected chi connectivity index (χ4v) is 2.69. The van der Waals surface area contributed by atoms with Gasteiger partial charge in [0.05, 0.1) is 0 Å². The second-order valence-electron chi connectivity index (χ2n) is 3.96. The molecule has 0 heterocycles. The minimum atomic E-state index is 0.763. The number of fused-ring (bicyclic) bond motifs is 2. The van der Waals surface area contributed by atoms with Crippen LogP contribution in [0.5, 0.6) is 0 Å². The van der Waals surface area contributed by atoms with Crippen molar-refractivity contribution in [1.29, 1.82) is 0 Å². The summed E-state index contributed by atoms with van der Waals surface area (Å²) in [5.41, 5.74) is 0.763. The van der Waals surface area contributed by atoms with E-state index in [1.807, 2.05) is 42.5 Å². The summed E-state index contributed by atoms with van der Waals surface area (Å²) >= 11 is 3.53. The molecule has 3 aromatic rings. The molecule has 0 radical (unpaired) electrons. The van der Waals surface area contributed by atoms with Crippen LogP contribution < -0.4 is 0 Å². The molecule has 0 unspecified atom stereocenters. The maximum absolute atomic E-state index is 11.3. The van der Waals surface area contributed by atoms with Gasteiger partial charge in [0.2, 0.25) is 0 Å². The fraction of sp³-hybridized carbons (Fsp3) is 0. The van der Waals surface area contributed by atoms with Crippen LogP contribution in [0.1, 0.15) is 10.4 Å². The summed E-state index contributed by atoms with van der Waals surface area (Å²) in [4.78, 5) is 11.3. The first-order chi connectivity index (χ1) is 8.31. The largest absolute Gasteiger partial charge is 0.298 e. The molecule has 0 aliphatic carbocycles. The summed E-state index contributed by atoms with van der Waals surface area (Å²) in [5.74, 6) is 0. The number of carbonyl (C=O) groups is 1. The lowest BCUT2D eigenvalue weighted by molar-refractivity contribution is 0.112. The lowest BCUT2D eigenvalue weighted by Crippen LogP contribution is -1.87. The summed E-state index contributed by atoms with van der Waals surface area (Å²) in [5, 5.41) is 4.17. The first kappa shape index (κ1) is 10.5. The number of halogens is 1. The van der Waals surface area contributed by atoms with Crippen LogP contribution in [0.2, 0.25) is 0 Å². The number of carbonyl (C=O) groups excluding carboxylic acids is 1. The van der Waals surface area contributed by atoms with Crippen LogP contribution in [0.3, 0.4) is 0 Å². The van der Waals surface area contributed by atoms with Crippen molar-refractivity contribution >= 4 is 43.8 Å². The molecule has 0 spiro atoms. The van der Waals surface area contributed by atoms with E-state index in [1.54, 1.807) is 0 Å². The molecule has 0 atom stereocenters. The van der Waals surface area contributed by atoms with Gasteiger partial charge in [-0.15, -0.1) is 0 Å². The molecular weight excluding hydrogens is 276 g/mol. The van der Waals surface area contributed by atoms with Crippen molar-refractivity contribution in [3.05, 3.63) is 58.6 Å². The molecule has 82 valence electrons. The molecule has 1 nitrogen and oxygen atoms in total. The van der Waals surface area contributed by atoms with Crippen molar-refractivity contribution in [3.63, 3.8) is 0 Å². The van der Waals surface area contributed by atoms with Crippen LogP contribution >= 0.6 is 15.9 Å². The summed E-state index contributed by atoms with van der Waals surface area (Å²) in [7, 11) is 0. The van der Waals surface area contributed by atoms with Crippen LogP contribution in [-0.2, 0) is 0 Å². The smallest absolute Gasteiger partial charge is 0.151 e. The highest BCUT2D eigenvalue weighted by Gasteiger charge is 2.07. The average molecular weight is 285 g/mol. The fourth-order valence-electron chi connectivity index (χ4n) is 2.21. The lowest BCUT2D eigenvalue weighted by Gasteiger charge is -2.07. The van der Waals surface area contributed by atoms with Gasteiger partial charge in [-0.25, -0.2) is 0 Å². The zero-order valence-electron chi connectivity index (χ0n) is 8.98. The summed E-state index contributed by atoms with van der Waals surface area (Å²) < 4.78 is 1.02. The molecular formula is C15H9BrO. The molecule has 0 N–H and O–H groups in total. The van der Waals surface area contributed by atoms with Crippen LogP contribution in [0.4, 0.5) is 0 Å². The standard InChI is InChI=1S/C15H9BrO/c16-15-7-3-6-12-13(15)8-10-4-1-2-5-11(10)14(12)9-17/h1-9H. The van der Waals surface area contributed by atoms with Gasteiger partial charge in [0, 0.05) is 10.0 Å². The second-order valence-corrected chi connectivity index (χ2v) is 4.82. The Kier molecular flexibility index (Phi) is 2.45. The van der Waals surface area contributed by atoms with Gasteiger partial charge in [-0.1, -0.05) is 52.3 Å². The van der Waals surface area contributed by atoms with Gasteiger partial charge in [-0.2, -0.15) is 0 Å². The minimum absolute atomic E-state index is 0.763. The number of hydrogen-bond donors (Lipinski definition) is 0. The Labute approximate surface area is 107 Å². The predicted octanol–water partition coefficient (Wildman–Crippen LogP) is 4.57. The van der Waals surface area contributed by atoms with E-state index >= 15 is 0 Å². The van der Waals surface area contributed by atoms with Crippen LogP contribution in [0, 0.1) is 0 Å². The molecule has 2 heteroatoms. The quantitative estimate of drug-likeness (QED) is 0.473. The number of benzene rings is 3. The van der Waals surface area contributed by atoms with E-state index in [0.717, 1.165) is 37.9 Å². The molecule has 0 aliphatic rings. The molecule has 3 rings (SSSR count). The van der Waals surface area contributed by atoms with Crippen molar-refractivity contribution in [2.45, 2.75) is 0 Å². The maximum atomic E-state index is 11.3. The molecule has 3 aromatic carbocycles. The van der Waals surface area contributed by atoms with E-state index in [-0.39, 0.29) is 0 Å². The monoisotopic (exact) mass is 284 g/mol. The number of hydrogen-bond acceptors (Lipinski definition) is 1. The van der Waals surface area contributed by atoms with Crippen molar-refractivity contribution in [1.82, 2.24) is 0 Å². The topological polar surface area (TPSA) is 17.1 Å². The predicted molar refractivity (Wildman–Crippen MR) is 74.5 cm³/mol. The molecule has 17 heavy (non-hydrogen) atoms. The summed E-state index contributed by atoms with van der Waals surface area (Å²) in [6.45, 7) is 0. The normalized spacial score (nSPS) is 10.9. The van der Waals surface area contributed by atoms with Gasteiger partial charge < -0.3 is 0 Å². The molecule has 0 fully saturated rings. The first-order valence-electron chi connectivity index (χ1n) is 5.36. The summed E-state index contributed by atoms with van der Waals surface area (Å²) in [6, 6.07) is 16.0. The maximum Gasteiger partial charge on any atom is 0.151 e. The highest BCUT2D eigenvalue weighted by Crippen LogP contribution is 2.31. The zero-order valence-corrected chi connectivity index (χ0v) is 10.6. The van der Waals surface area contributed by atoms with Gasteiger partial charge >= 0.3 is 0 Å². The molecule has 0 bridgehead atoms. The third kappa shape index (κ3) is 1.56. The van der Waals surface area contributed by atoms with Gasteiger partial charge in [0.1, 0.15) is 0 Å². The van der Waals surface area contributed by atoms with Crippen LogP contribution in [0.25, 0.3) is 21.5 Å². The highest BCUT2D eigenvalue weighted by atomic mass is 79.9. The lowest BCUT2D eigenvalue weighted by atomic mass is 9.98. The average Bonchev–Trinajstić information content (AvgIpc) is 2.37. The van der Waals surface area contributed by atoms with Gasteiger partial charge in [-0.05, 0) is 33.7 Å². The molecule has 0 saturated carbocycles. The van der Waals surface area contributed by atoms with E-state index in [0.29, 0.717) is 0 Å². The SMILES string of the molecule is O=Cc1c2ccccc2cc2c(Br)cccc12. The van der Waals surface area contributed by atoms with E-state index in [9.17, 15) is 4.79 Å². The van der Waals surface area contributed by atoms with Gasteiger partial charge in [0.15, 0.2) is 6.29 Å². The van der Waals surface area contributed by atoms with Crippen LogP contribution in [0.15, 0.2) is 53.0 Å². The van der Waals surface area contributed by atoms with Crippen molar-refractivity contribution in [2.24, 2.45) is 0 Å².